The van der Waals surface area contributed by atoms with Crippen LogP contribution < -0.4 is 15.0 Å². The van der Waals surface area contributed by atoms with Crippen LogP contribution in [-0.4, -0.2) is 24.5 Å². The highest BCUT2D eigenvalue weighted by Gasteiger charge is 2.19. The van der Waals surface area contributed by atoms with E-state index in [1.807, 2.05) is 63.2 Å². The van der Waals surface area contributed by atoms with Gasteiger partial charge < -0.3 is 15.0 Å². The molecule has 0 atom stereocenters. The van der Waals surface area contributed by atoms with Crippen LogP contribution >= 0.6 is 0 Å². The summed E-state index contributed by atoms with van der Waals surface area (Å²) >= 11 is 0. The van der Waals surface area contributed by atoms with Crippen molar-refractivity contribution in [3.8, 4) is 5.75 Å². The third kappa shape index (κ3) is 6.08. The Morgan fingerprint density at radius 2 is 1.72 bits per heavy atom. The first-order valence-electron chi connectivity index (χ1n) is 10.1. The van der Waals surface area contributed by atoms with Crippen LogP contribution in [0.5, 0.6) is 5.75 Å². The summed E-state index contributed by atoms with van der Waals surface area (Å²) in [6, 6.07) is 13.4. The quantitative estimate of drug-likeness (QED) is 0.660. The lowest BCUT2D eigenvalue weighted by atomic mass is 9.98. The summed E-state index contributed by atoms with van der Waals surface area (Å²) in [5, 5.41) is 3.04. The highest BCUT2D eigenvalue weighted by molar-refractivity contribution is 5.96. The molecule has 0 heterocycles. The largest absolute Gasteiger partial charge is 0.489 e. The topological polar surface area (TPSA) is 58.6 Å². The van der Waals surface area contributed by atoms with Crippen molar-refractivity contribution in [1.29, 1.82) is 0 Å². The third-order valence-corrected chi connectivity index (χ3v) is 4.65. The second-order valence-corrected chi connectivity index (χ2v) is 7.80. The van der Waals surface area contributed by atoms with Crippen LogP contribution in [0.25, 0.3) is 0 Å². The number of carbonyl (C=O) groups excluding carboxylic acids is 2. The van der Waals surface area contributed by atoms with Crippen molar-refractivity contribution in [2.75, 3.05) is 16.8 Å². The fourth-order valence-corrected chi connectivity index (χ4v) is 3.24. The molecule has 5 nitrogen and oxygen atoms in total. The predicted molar refractivity (Wildman–Crippen MR) is 119 cm³/mol. The summed E-state index contributed by atoms with van der Waals surface area (Å²) in [6.07, 6.45) is 0.185. The van der Waals surface area contributed by atoms with E-state index in [0.29, 0.717) is 17.4 Å². The number of amides is 2. The zero-order chi connectivity index (χ0) is 21.6. The molecule has 156 valence electrons. The summed E-state index contributed by atoms with van der Waals surface area (Å²) in [5.41, 5.74) is 3.69. The van der Waals surface area contributed by atoms with Gasteiger partial charge in [0, 0.05) is 25.6 Å². The Kier molecular flexibility index (Phi) is 7.82. The molecule has 0 saturated carbocycles. The lowest BCUT2D eigenvalue weighted by Gasteiger charge is -2.25. The molecule has 0 unspecified atom stereocenters. The molecule has 2 aromatic carbocycles. The number of rotatable bonds is 8. The maximum atomic E-state index is 12.7. The first kappa shape index (κ1) is 22.5. The van der Waals surface area contributed by atoms with Crippen LogP contribution in [-0.2, 0) is 9.59 Å². The first-order valence-corrected chi connectivity index (χ1v) is 10.1. The zero-order valence-electron chi connectivity index (χ0n) is 18.3. The normalized spacial score (nSPS) is 10.9. The summed E-state index contributed by atoms with van der Waals surface area (Å²) in [5.74, 6) is 0.698. The maximum Gasteiger partial charge on any atom is 0.226 e. The van der Waals surface area contributed by atoms with Gasteiger partial charge in [-0.2, -0.15) is 0 Å². The van der Waals surface area contributed by atoms with E-state index in [-0.39, 0.29) is 30.9 Å². The number of benzene rings is 2. The van der Waals surface area contributed by atoms with Crippen LogP contribution in [0.1, 0.15) is 58.1 Å². The molecular weight excluding hydrogens is 364 g/mol. The average molecular weight is 397 g/mol. The summed E-state index contributed by atoms with van der Waals surface area (Å²) in [6.45, 7) is 11.9. The second kappa shape index (κ2) is 10.1. The molecule has 0 aliphatic rings. The zero-order valence-corrected chi connectivity index (χ0v) is 18.3. The summed E-state index contributed by atoms with van der Waals surface area (Å²) < 4.78 is 5.84. The van der Waals surface area contributed by atoms with E-state index in [2.05, 4.69) is 19.2 Å². The van der Waals surface area contributed by atoms with Gasteiger partial charge in [0.1, 0.15) is 5.75 Å². The second-order valence-electron chi connectivity index (χ2n) is 7.80. The Hall–Kier alpha value is -2.82. The molecule has 0 saturated heterocycles. The number of carbonyl (C=O) groups is 2. The van der Waals surface area contributed by atoms with Crippen LogP contribution in [0.2, 0.25) is 0 Å². The van der Waals surface area contributed by atoms with Gasteiger partial charge >= 0.3 is 0 Å². The van der Waals surface area contributed by atoms with Crippen LogP contribution in [0.4, 0.5) is 11.4 Å². The van der Waals surface area contributed by atoms with Crippen LogP contribution in [0.15, 0.2) is 42.5 Å². The van der Waals surface area contributed by atoms with Crippen molar-refractivity contribution in [2.24, 2.45) is 0 Å². The van der Waals surface area contributed by atoms with Gasteiger partial charge in [0.2, 0.25) is 11.8 Å². The molecule has 2 amide bonds. The van der Waals surface area contributed by atoms with E-state index >= 15 is 0 Å². The number of ether oxygens (including phenoxy) is 1. The Morgan fingerprint density at radius 3 is 2.34 bits per heavy atom. The Morgan fingerprint density at radius 1 is 1.03 bits per heavy atom. The molecule has 1 N–H and O–H groups in total. The van der Waals surface area contributed by atoms with E-state index in [9.17, 15) is 9.59 Å². The van der Waals surface area contributed by atoms with Crippen molar-refractivity contribution >= 4 is 23.2 Å². The fraction of sp³-hybridized carbons (Fsp3) is 0.417. The molecule has 0 spiro atoms. The number of nitrogens with zero attached hydrogens (tertiary/aromatic N) is 1. The molecule has 29 heavy (non-hydrogen) atoms. The standard InChI is InChI=1S/C24H32N2O3/c1-16(2)20-11-9-10-18(5)24(20)25-23(28)14-15-26(19(6)27)21-12-7-8-13-22(21)29-17(3)4/h7-13,16-17H,14-15H2,1-6H3,(H,25,28). The average Bonchev–Trinajstić information content (AvgIpc) is 2.64. The molecule has 0 bridgehead atoms. The van der Waals surface area contributed by atoms with E-state index in [4.69, 9.17) is 4.74 Å². The van der Waals surface area contributed by atoms with Crippen LogP contribution in [0, 0.1) is 6.92 Å². The highest BCUT2D eigenvalue weighted by Crippen LogP contribution is 2.30. The van der Waals surface area contributed by atoms with E-state index in [1.165, 1.54) is 6.92 Å². The molecule has 0 aliphatic heterocycles. The monoisotopic (exact) mass is 396 g/mol. The van der Waals surface area contributed by atoms with Gasteiger partial charge in [-0.3, -0.25) is 9.59 Å². The Balaban J connectivity index is 2.15. The number of aryl methyl sites for hydroxylation is 1. The molecular formula is C24H32N2O3. The number of para-hydroxylation sites is 3. The fourth-order valence-electron chi connectivity index (χ4n) is 3.24. The maximum absolute atomic E-state index is 12.7. The lowest BCUT2D eigenvalue weighted by Crippen LogP contribution is -2.32. The summed E-state index contributed by atoms with van der Waals surface area (Å²) in [4.78, 5) is 26.6. The molecule has 5 heteroatoms. The molecule has 2 aromatic rings. The van der Waals surface area contributed by atoms with Crippen molar-refractivity contribution in [2.45, 2.75) is 60.0 Å². The van der Waals surface area contributed by atoms with Gasteiger partial charge in [0.25, 0.3) is 0 Å². The van der Waals surface area contributed by atoms with Gasteiger partial charge in [-0.25, -0.2) is 0 Å². The first-order chi connectivity index (χ1) is 13.7. The highest BCUT2D eigenvalue weighted by atomic mass is 16.5. The van der Waals surface area contributed by atoms with Gasteiger partial charge in [-0.15, -0.1) is 0 Å². The number of hydrogen-bond acceptors (Lipinski definition) is 3. The number of anilines is 2. The van der Waals surface area contributed by atoms with E-state index in [1.54, 1.807) is 4.90 Å². The van der Waals surface area contributed by atoms with Crippen molar-refractivity contribution < 1.29 is 14.3 Å². The third-order valence-electron chi connectivity index (χ3n) is 4.65. The molecule has 0 fully saturated rings. The van der Waals surface area contributed by atoms with Gasteiger partial charge in [-0.05, 0) is 49.9 Å². The minimum absolute atomic E-state index is 0.0104. The Bertz CT molecular complexity index is 859. The lowest BCUT2D eigenvalue weighted by molar-refractivity contribution is -0.117. The predicted octanol–water partition coefficient (Wildman–Crippen LogP) is 5.29. The SMILES string of the molecule is CC(=O)N(CCC(=O)Nc1c(C)cccc1C(C)C)c1ccccc1OC(C)C. The smallest absolute Gasteiger partial charge is 0.226 e. The van der Waals surface area contributed by atoms with Crippen molar-refractivity contribution in [3.05, 3.63) is 53.6 Å². The molecule has 0 aliphatic carbocycles. The minimum Gasteiger partial charge on any atom is -0.489 e. The van der Waals surface area contributed by atoms with Gasteiger partial charge in [-0.1, -0.05) is 44.2 Å². The summed E-state index contributed by atoms with van der Waals surface area (Å²) in [7, 11) is 0. The number of nitrogens with one attached hydrogen (secondary N) is 1. The Labute approximate surface area is 174 Å². The van der Waals surface area contributed by atoms with E-state index in [0.717, 1.165) is 16.8 Å². The molecule has 0 radical (unpaired) electrons. The van der Waals surface area contributed by atoms with Gasteiger partial charge in [0.05, 0.1) is 11.8 Å². The molecule has 0 aromatic heterocycles. The number of hydrogen-bond donors (Lipinski definition) is 1. The minimum atomic E-state index is -0.128. The molecule has 2 rings (SSSR count). The van der Waals surface area contributed by atoms with Crippen molar-refractivity contribution in [1.82, 2.24) is 0 Å². The van der Waals surface area contributed by atoms with Crippen molar-refractivity contribution in [3.63, 3.8) is 0 Å². The van der Waals surface area contributed by atoms with E-state index < -0.39 is 0 Å². The van der Waals surface area contributed by atoms with Crippen LogP contribution in [0.3, 0.4) is 0 Å². The van der Waals surface area contributed by atoms with Gasteiger partial charge in [0.15, 0.2) is 0 Å².